The summed E-state index contributed by atoms with van der Waals surface area (Å²) in [5, 5.41) is 9.58. The minimum absolute atomic E-state index is 0.0243. The zero-order chi connectivity index (χ0) is 9.23. The molecular formula is C8H16N3O. The molecule has 1 radical (unpaired) electrons. The Kier molecular flexibility index (Phi) is 7.33. The molecule has 0 saturated carbocycles. The summed E-state index contributed by atoms with van der Waals surface area (Å²) in [6.07, 6.45) is 6.44. The molecule has 0 bridgehead atoms. The Labute approximate surface area is 73.0 Å². The van der Waals surface area contributed by atoms with E-state index in [2.05, 4.69) is 5.32 Å². The third-order valence-electron chi connectivity index (χ3n) is 1.52. The van der Waals surface area contributed by atoms with Crippen LogP contribution in [0.4, 0.5) is 0 Å². The van der Waals surface area contributed by atoms with Gasteiger partial charge in [-0.1, -0.05) is 12.8 Å². The molecule has 69 valence electrons. The maximum Gasteiger partial charge on any atom is 0.198 e. The van der Waals surface area contributed by atoms with Gasteiger partial charge >= 0.3 is 0 Å². The third kappa shape index (κ3) is 8.94. The molecule has 0 saturated heterocycles. The molecule has 0 aromatic rings. The van der Waals surface area contributed by atoms with E-state index in [-0.39, 0.29) is 5.96 Å². The Bertz CT molecular complexity index is 136. The van der Waals surface area contributed by atoms with Gasteiger partial charge in [0, 0.05) is 13.0 Å². The van der Waals surface area contributed by atoms with Crippen molar-refractivity contribution in [2.24, 2.45) is 5.73 Å². The monoisotopic (exact) mass is 170 g/mol. The number of rotatable bonds is 7. The van der Waals surface area contributed by atoms with Crippen molar-refractivity contribution < 1.29 is 4.79 Å². The molecule has 0 fully saturated rings. The molecule has 0 heterocycles. The van der Waals surface area contributed by atoms with Gasteiger partial charge in [0.2, 0.25) is 0 Å². The van der Waals surface area contributed by atoms with E-state index < -0.39 is 0 Å². The van der Waals surface area contributed by atoms with E-state index in [1.54, 1.807) is 0 Å². The fraction of sp³-hybridized carbons (Fsp3) is 0.750. The van der Waals surface area contributed by atoms with Crippen molar-refractivity contribution in [1.29, 1.82) is 5.41 Å². The summed E-state index contributed by atoms with van der Waals surface area (Å²) in [5.41, 5.74) is 5.08. The summed E-state index contributed by atoms with van der Waals surface area (Å²) >= 11 is 0. The maximum absolute atomic E-state index is 9.80. The van der Waals surface area contributed by atoms with E-state index in [0.29, 0.717) is 6.42 Å². The first kappa shape index (κ1) is 10.9. The molecule has 0 aliphatic rings. The minimum Gasteiger partial charge on any atom is -0.370 e. The van der Waals surface area contributed by atoms with Gasteiger partial charge in [-0.25, -0.2) is 0 Å². The van der Waals surface area contributed by atoms with Crippen LogP contribution in [0, 0.1) is 5.41 Å². The second-order valence-electron chi connectivity index (χ2n) is 2.65. The van der Waals surface area contributed by atoms with Crippen LogP contribution >= 0.6 is 0 Å². The quantitative estimate of drug-likeness (QED) is 0.296. The lowest BCUT2D eigenvalue weighted by Crippen LogP contribution is -2.30. The molecule has 0 aromatic heterocycles. The molecule has 4 heteroatoms. The highest BCUT2D eigenvalue weighted by molar-refractivity contribution is 5.74. The van der Waals surface area contributed by atoms with Crippen LogP contribution in [0.15, 0.2) is 0 Å². The van der Waals surface area contributed by atoms with Crippen LogP contribution in [0.25, 0.3) is 0 Å². The topological polar surface area (TPSA) is 79.0 Å². The summed E-state index contributed by atoms with van der Waals surface area (Å²) in [7, 11) is 0. The highest BCUT2D eigenvalue weighted by Gasteiger charge is 1.90. The van der Waals surface area contributed by atoms with Gasteiger partial charge in [0.05, 0.1) is 0 Å². The lowest BCUT2D eigenvalue weighted by molar-refractivity contribution is 0.543. The van der Waals surface area contributed by atoms with Crippen molar-refractivity contribution in [3.8, 4) is 0 Å². The summed E-state index contributed by atoms with van der Waals surface area (Å²) in [4.78, 5) is 9.80. The lowest BCUT2D eigenvalue weighted by Gasteiger charge is -2.01. The second kappa shape index (κ2) is 8.04. The smallest absolute Gasteiger partial charge is 0.198 e. The van der Waals surface area contributed by atoms with E-state index in [1.807, 2.05) is 6.29 Å². The van der Waals surface area contributed by atoms with Gasteiger partial charge in [-0.15, -0.1) is 0 Å². The molecule has 0 spiro atoms. The van der Waals surface area contributed by atoms with Crippen molar-refractivity contribution in [2.75, 3.05) is 6.54 Å². The Morgan fingerprint density at radius 3 is 2.58 bits per heavy atom. The summed E-state index contributed by atoms with van der Waals surface area (Å²) in [6, 6.07) is 0. The van der Waals surface area contributed by atoms with Crippen LogP contribution in [0.5, 0.6) is 0 Å². The summed E-state index contributed by atoms with van der Waals surface area (Å²) < 4.78 is 0. The number of nitrogens with one attached hydrogen (secondary N) is 2. The SMILES string of the molecule is N=C(N)NCCCCCC[C]=O. The Balaban J connectivity index is 2.90. The standard InChI is InChI=1S/C8H16N3O/c9-8(10)11-6-4-2-1-3-5-7-12/h1-6H2,(H4,9,10,11). The normalized spacial score (nSPS) is 9.33. The Morgan fingerprint density at radius 2 is 2.00 bits per heavy atom. The van der Waals surface area contributed by atoms with E-state index >= 15 is 0 Å². The molecule has 0 aliphatic carbocycles. The van der Waals surface area contributed by atoms with E-state index in [9.17, 15) is 4.79 Å². The second-order valence-corrected chi connectivity index (χ2v) is 2.65. The lowest BCUT2D eigenvalue weighted by atomic mass is 10.1. The van der Waals surface area contributed by atoms with Gasteiger partial charge in [0.25, 0.3) is 0 Å². The molecular weight excluding hydrogens is 154 g/mol. The predicted octanol–water partition coefficient (Wildman–Crippen LogP) is 0.530. The number of nitrogens with two attached hydrogens (primary N) is 1. The van der Waals surface area contributed by atoms with Crippen LogP contribution in [0.2, 0.25) is 0 Å². The average Bonchev–Trinajstić information content (AvgIpc) is 2.02. The van der Waals surface area contributed by atoms with Gasteiger partial charge in [-0.3, -0.25) is 10.2 Å². The van der Waals surface area contributed by atoms with Gasteiger partial charge in [0.15, 0.2) is 12.2 Å². The minimum atomic E-state index is 0.0243. The third-order valence-corrected chi connectivity index (χ3v) is 1.52. The van der Waals surface area contributed by atoms with Gasteiger partial charge in [0.1, 0.15) is 0 Å². The van der Waals surface area contributed by atoms with Crippen LogP contribution in [-0.4, -0.2) is 18.8 Å². The highest BCUT2D eigenvalue weighted by Crippen LogP contribution is 2.00. The number of guanidine groups is 1. The first-order valence-electron chi connectivity index (χ1n) is 4.20. The molecule has 0 unspecified atom stereocenters. The van der Waals surface area contributed by atoms with E-state index in [0.717, 1.165) is 32.2 Å². The van der Waals surface area contributed by atoms with Crippen LogP contribution in [0.3, 0.4) is 0 Å². The largest absolute Gasteiger partial charge is 0.370 e. The number of unbranched alkanes of at least 4 members (excludes halogenated alkanes) is 4. The fourth-order valence-electron chi connectivity index (χ4n) is 0.899. The summed E-state index contributed by atoms with van der Waals surface area (Å²) in [5.74, 6) is 0.0243. The van der Waals surface area contributed by atoms with Crippen molar-refractivity contribution >= 4 is 12.2 Å². The van der Waals surface area contributed by atoms with Crippen LogP contribution < -0.4 is 11.1 Å². The molecule has 12 heavy (non-hydrogen) atoms. The zero-order valence-corrected chi connectivity index (χ0v) is 7.23. The Hall–Kier alpha value is -1.06. The number of hydrogen-bond acceptors (Lipinski definition) is 2. The highest BCUT2D eigenvalue weighted by atomic mass is 16.1. The van der Waals surface area contributed by atoms with Crippen molar-refractivity contribution in [3.05, 3.63) is 0 Å². The van der Waals surface area contributed by atoms with Crippen LogP contribution in [-0.2, 0) is 4.79 Å². The van der Waals surface area contributed by atoms with Crippen molar-refractivity contribution in [2.45, 2.75) is 32.1 Å². The predicted molar refractivity (Wildman–Crippen MR) is 48.7 cm³/mol. The molecule has 0 aromatic carbocycles. The molecule has 4 nitrogen and oxygen atoms in total. The van der Waals surface area contributed by atoms with Crippen molar-refractivity contribution in [3.63, 3.8) is 0 Å². The molecule has 4 N–H and O–H groups in total. The first-order chi connectivity index (χ1) is 5.77. The molecule has 0 rings (SSSR count). The molecule has 0 aliphatic heterocycles. The van der Waals surface area contributed by atoms with E-state index in [1.165, 1.54) is 0 Å². The fourth-order valence-corrected chi connectivity index (χ4v) is 0.899. The zero-order valence-electron chi connectivity index (χ0n) is 7.23. The molecule has 0 amide bonds. The van der Waals surface area contributed by atoms with E-state index in [4.69, 9.17) is 11.1 Å². The van der Waals surface area contributed by atoms with Gasteiger partial charge in [-0.05, 0) is 12.8 Å². The average molecular weight is 170 g/mol. The summed E-state index contributed by atoms with van der Waals surface area (Å²) in [6.45, 7) is 0.750. The van der Waals surface area contributed by atoms with Gasteiger partial charge in [-0.2, -0.15) is 0 Å². The van der Waals surface area contributed by atoms with Crippen molar-refractivity contribution in [1.82, 2.24) is 5.32 Å². The maximum atomic E-state index is 9.80. The number of carbonyl (C=O) groups excluding carboxylic acids is 1. The Morgan fingerprint density at radius 1 is 1.33 bits per heavy atom. The first-order valence-corrected chi connectivity index (χ1v) is 4.20. The van der Waals surface area contributed by atoms with Gasteiger partial charge < -0.3 is 11.1 Å². The van der Waals surface area contributed by atoms with Crippen LogP contribution in [0.1, 0.15) is 32.1 Å². The molecule has 0 atom stereocenters. The number of hydrogen-bond donors (Lipinski definition) is 3.